The fourth-order valence-electron chi connectivity index (χ4n) is 4.32. The smallest absolute Gasteiger partial charge is 0.169 e. The van der Waals surface area contributed by atoms with E-state index >= 15 is 0 Å². The summed E-state index contributed by atoms with van der Waals surface area (Å²) in [4.78, 5) is 16.3. The maximum absolute atomic E-state index is 6.57. The van der Waals surface area contributed by atoms with Crippen molar-refractivity contribution >= 4 is 16.7 Å². The Bertz CT molecular complexity index is 1210. The van der Waals surface area contributed by atoms with Crippen molar-refractivity contribution in [2.45, 2.75) is 44.8 Å². The molecule has 0 amide bonds. The predicted octanol–water partition coefficient (Wildman–Crippen LogP) is 2.35. The van der Waals surface area contributed by atoms with Gasteiger partial charge in [-0.05, 0) is 59.0 Å². The number of rotatable bonds is 4. The molecule has 8 heteroatoms. The zero-order valence-electron chi connectivity index (χ0n) is 17.3. The van der Waals surface area contributed by atoms with E-state index in [1.54, 1.807) is 0 Å². The van der Waals surface area contributed by atoms with Gasteiger partial charge >= 0.3 is 0 Å². The number of imidazole rings is 1. The lowest BCUT2D eigenvalue weighted by molar-refractivity contribution is 0.0865. The molecule has 29 heavy (non-hydrogen) atoms. The Kier molecular flexibility index (Phi) is 3.97. The molecule has 4 aromatic rings. The standard InChI is InChI=1S/C21H26N8/c1-5-28-13(2)24-17-7-6-16(25-19(17)28)15-8-9-29-18(15)12-23-20(26-29)21(22)10-14(11-21)27(3)4/h6-9,12,14H,5,10-11,22H2,1-4H3. The fraction of sp³-hybridized carbons (Fsp3) is 0.429. The Morgan fingerprint density at radius 3 is 2.72 bits per heavy atom. The first kappa shape index (κ1) is 18.2. The molecular formula is C21H26N8. The van der Waals surface area contributed by atoms with Crippen LogP contribution < -0.4 is 5.73 Å². The minimum absolute atomic E-state index is 0.449. The molecule has 0 aliphatic heterocycles. The SMILES string of the molecule is CCn1c(C)nc2ccc(-c3ccn4nc(C5(N)CC(N(C)C)C5)ncc34)nc21. The average Bonchev–Trinajstić information content (AvgIpc) is 3.23. The van der Waals surface area contributed by atoms with Gasteiger partial charge in [-0.15, -0.1) is 0 Å². The third kappa shape index (κ3) is 2.74. The molecule has 0 aromatic carbocycles. The summed E-state index contributed by atoms with van der Waals surface area (Å²) in [5.41, 5.74) is 10.8. The number of nitrogens with zero attached hydrogens (tertiary/aromatic N) is 7. The lowest BCUT2D eigenvalue weighted by atomic mass is 9.72. The molecule has 8 nitrogen and oxygen atoms in total. The Morgan fingerprint density at radius 1 is 1.21 bits per heavy atom. The van der Waals surface area contributed by atoms with Crippen LogP contribution in [0.1, 0.15) is 31.4 Å². The summed E-state index contributed by atoms with van der Waals surface area (Å²) in [6.07, 6.45) is 5.56. The summed E-state index contributed by atoms with van der Waals surface area (Å²) < 4.78 is 3.99. The molecule has 5 rings (SSSR count). The maximum atomic E-state index is 6.57. The average molecular weight is 390 g/mol. The molecule has 1 saturated carbocycles. The molecule has 1 aliphatic carbocycles. The van der Waals surface area contributed by atoms with Crippen molar-refractivity contribution in [3.05, 3.63) is 42.2 Å². The number of hydrogen-bond acceptors (Lipinski definition) is 6. The second-order valence-electron chi connectivity index (χ2n) is 8.27. The Labute approximate surface area is 169 Å². The molecule has 150 valence electrons. The molecule has 0 spiro atoms. The Hall–Kier alpha value is -2.84. The lowest BCUT2D eigenvalue weighted by Crippen LogP contribution is -2.57. The van der Waals surface area contributed by atoms with Crippen molar-refractivity contribution < 1.29 is 0 Å². The number of aromatic nitrogens is 6. The van der Waals surface area contributed by atoms with Crippen LogP contribution in [0.25, 0.3) is 27.9 Å². The fourth-order valence-corrected chi connectivity index (χ4v) is 4.32. The van der Waals surface area contributed by atoms with Gasteiger partial charge in [0, 0.05) is 24.3 Å². The van der Waals surface area contributed by atoms with Crippen LogP contribution in [0, 0.1) is 6.92 Å². The quantitative estimate of drug-likeness (QED) is 0.575. The van der Waals surface area contributed by atoms with Gasteiger partial charge in [0.15, 0.2) is 11.5 Å². The largest absolute Gasteiger partial charge is 0.319 e. The summed E-state index contributed by atoms with van der Waals surface area (Å²) in [7, 11) is 4.17. The van der Waals surface area contributed by atoms with Gasteiger partial charge < -0.3 is 15.2 Å². The third-order valence-corrected chi connectivity index (χ3v) is 6.17. The highest BCUT2D eigenvalue weighted by molar-refractivity contribution is 5.82. The predicted molar refractivity (Wildman–Crippen MR) is 112 cm³/mol. The van der Waals surface area contributed by atoms with E-state index in [0.717, 1.165) is 53.1 Å². The molecule has 0 radical (unpaired) electrons. The minimum Gasteiger partial charge on any atom is -0.319 e. The second-order valence-corrected chi connectivity index (χ2v) is 8.27. The van der Waals surface area contributed by atoms with E-state index < -0.39 is 5.54 Å². The van der Waals surface area contributed by atoms with Gasteiger partial charge in [-0.1, -0.05) is 0 Å². The molecule has 0 saturated heterocycles. The van der Waals surface area contributed by atoms with Crippen molar-refractivity contribution in [1.82, 2.24) is 34.0 Å². The molecule has 4 heterocycles. The Morgan fingerprint density at radius 2 is 2.00 bits per heavy atom. The monoisotopic (exact) mass is 390 g/mol. The summed E-state index contributed by atoms with van der Waals surface area (Å²) in [5.74, 6) is 1.68. The molecule has 0 atom stereocenters. The van der Waals surface area contributed by atoms with Gasteiger partial charge in [0.1, 0.15) is 11.3 Å². The molecule has 1 aliphatic rings. The minimum atomic E-state index is -0.449. The van der Waals surface area contributed by atoms with Crippen LogP contribution in [0.3, 0.4) is 0 Å². The lowest BCUT2D eigenvalue weighted by Gasteiger charge is -2.46. The first-order valence-electron chi connectivity index (χ1n) is 10.0. The van der Waals surface area contributed by atoms with Crippen molar-refractivity contribution in [2.75, 3.05) is 14.1 Å². The Balaban J connectivity index is 1.53. The van der Waals surface area contributed by atoms with Crippen LogP contribution in [0.5, 0.6) is 0 Å². The first-order valence-corrected chi connectivity index (χ1v) is 10.0. The van der Waals surface area contributed by atoms with Crippen LogP contribution in [0.4, 0.5) is 0 Å². The van der Waals surface area contributed by atoms with E-state index in [2.05, 4.69) is 40.5 Å². The molecular weight excluding hydrogens is 364 g/mol. The van der Waals surface area contributed by atoms with Crippen LogP contribution in [-0.4, -0.2) is 54.2 Å². The van der Waals surface area contributed by atoms with E-state index in [-0.39, 0.29) is 0 Å². The van der Waals surface area contributed by atoms with E-state index in [1.165, 1.54) is 0 Å². The van der Waals surface area contributed by atoms with Crippen molar-refractivity contribution in [3.8, 4) is 11.3 Å². The summed E-state index contributed by atoms with van der Waals surface area (Å²) in [5, 5.41) is 4.73. The molecule has 0 bridgehead atoms. The van der Waals surface area contributed by atoms with Gasteiger partial charge in [-0.3, -0.25) is 0 Å². The van der Waals surface area contributed by atoms with E-state index in [4.69, 9.17) is 15.8 Å². The third-order valence-electron chi connectivity index (χ3n) is 6.17. The number of nitrogens with two attached hydrogens (primary N) is 1. The number of pyridine rings is 1. The molecule has 4 aromatic heterocycles. The van der Waals surface area contributed by atoms with E-state index in [9.17, 15) is 0 Å². The topological polar surface area (TPSA) is 90.2 Å². The van der Waals surface area contributed by atoms with Crippen LogP contribution >= 0.6 is 0 Å². The number of aryl methyl sites for hydroxylation is 2. The molecule has 2 N–H and O–H groups in total. The highest BCUT2D eigenvalue weighted by Crippen LogP contribution is 2.39. The highest BCUT2D eigenvalue weighted by atomic mass is 15.3. The van der Waals surface area contributed by atoms with Crippen molar-refractivity contribution in [2.24, 2.45) is 5.73 Å². The van der Waals surface area contributed by atoms with Gasteiger partial charge in [0.2, 0.25) is 0 Å². The van der Waals surface area contributed by atoms with Gasteiger partial charge in [-0.2, -0.15) is 5.10 Å². The van der Waals surface area contributed by atoms with E-state index in [1.807, 2.05) is 42.0 Å². The van der Waals surface area contributed by atoms with Crippen LogP contribution in [0.15, 0.2) is 30.6 Å². The maximum Gasteiger partial charge on any atom is 0.169 e. The zero-order chi connectivity index (χ0) is 20.3. The van der Waals surface area contributed by atoms with Gasteiger partial charge in [0.25, 0.3) is 0 Å². The van der Waals surface area contributed by atoms with Crippen molar-refractivity contribution in [3.63, 3.8) is 0 Å². The second kappa shape index (κ2) is 6.33. The summed E-state index contributed by atoms with van der Waals surface area (Å²) in [6.45, 7) is 4.96. The van der Waals surface area contributed by atoms with Crippen LogP contribution in [-0.2, 0) is 12.1 Å². The number of hydrogen-bond donors (Lipinski definition) is 1. The first-order chi connectivity index (χ1) is 13.9. The summed E-state index contributed by atoms with van der Waals surface area (Å²) >= 11 is 0. The normalized spacial score (nSPS) is 21.9. The molecule has 0 unspecified atom stereocenters. The zero-order valence-corrected chi connectivity index (χ0v) is 17.3. The van der Waals surface area contributed by atoms with Crippen molar-refractivity contribution in [1.29, 1.82) is 0 Å². The van der Waals surface area contributed by atoms with Gasteiger partial charge in [0.05, 0.1) is 22.9 Å². The van der Waals surface area contributed by atoms with Gasteiger partial charge in [-0.25, -0.2) is 19.5 Å². The number of fused-ring (bicyclic) bond motifs is 2. The molecule has 1 fully saturated rings. The van der Waals surface area contributed by atoms with Crippen LogP contribution in [0.2, 0.25) is 0 Å². The van der Waals surface area contributed by atoms with E-state index in [0.29, 0.717) is 11.9 Å². The summed E-state index contributed by atoms with van der Waals surface area (Å²) in [6, 6.07) is 6.56. The highest BCUT2D eigenvalue weighted by Gasteiger charge is 2.45.